The number of nitrogens with zero attached hydrogens (tertiary/aromatic N) is 1. The third kappa shape index (κ3) is 4.21. The number of carbonyl (C=O) groups is 2. The highest BCUT2D eigenvalue weighted by molar-refractivity contribution is 7.89. The summed E-state index contributed by atoms with van der Waals surface area (Å²) in [5, 5.41) is 2.62. The normalized spacial score (nSPS) is 11.3. The summed E-state index contributed by atoms with van der Waals surface area (Å²) in [4.78, 5) is 23.8. The topological polar surface area (TPSA) is 92.8 Å². The fraction of sp³-hybridized carbons (Fsp3) is 0.176. The van der Waals surface area contributed by atoms with Crippen LogP contribution in [0.1, 0.15) is 20.7 Å². The quantitative estimate of drug-likeness (QED) is 0.784. The van der Waals surface area contributed by atoms with Crippen LogP contribution < -0.4 is 5.32 Å². The number of anilines is 1. The summed E-state index contributed by atoms with van der Waals surface area (Å²) < 4.78 is 30.2. The molecule has 0 atom stereocenters. The minimum Gasteiger partial charge on any atom is -0.465 e. The van der Waals surface area contributed by atoms with Gasteiger partial charge in [0.1, 0.15) is 4.90 Å². The number of methoxy groups -OCH3 is 1. The minimum absolute atomic E-state index is 0.0166. The number of rotatable bonds is 5. The van der Waals surface area contributed by atoms with E-state index in [2.05, 4.69) is 10.1 Å². The molecule has 2 aromatic rings. The van der Waals surface area contributed by atoms with Gasteiger partial charge in [-0.3, -0.25) is 4.79 Å². The average molecular weight is 397 g/mol. The molecule has 26 heavy (non-hydrogen) atoms. The van der Waals surface area contributed by atoms with E-state index in [0.717, 1.165) is 4.31 Å². The first kappa shape index (κ1) is 19.9. The SMILES string of the molecule is COC(=O)c1cccc(NC(=O)c2ccc(Cl)c(S(=O)(=O)N(C)C)c2)c1. The molecule has 0 radical (unpaired) electrons. The summed E-state index contributed by atoms with van der Waals surface area (Å²) in [6.07, 6.45) is 0. The van der Waals surface area contributed by atoms with Crippen LogP contribution in [0.5, 0.6) is 0 Å². The van der Waals surface area contributed by atoms with Gasteiger partial charge in [-0.25, -0.2) is 17.5 Å². The Morgan fingerprint density at radius 1 is 1.08 bits per heavy atom. The largest absolute Gasteiger partial charge is 0.465 e. The smallest absolute Gasteiger partial charge is 0.337 e. The lowest BCUT2D eigenvalue weighted by molar-refractivity contribution is 0.0600. The summed E-state index contributed by atoms with van der Waals surface area (Å²) >= 11 is 5.97. The van der Waals surface area contributed by atoms with Gasteiger partial charge in [0.05, 0.1) is 17.7 Å². The molecule has 0 heterocycles. The van der Waals surface area contributed by atoms with Gasteiger partial charge in [0, 0.05) is 25.3 Å². The summed E-state index contributed by atoms with van der Waals surface area (Å²) in [5.74, 6) is -1.08. The second-order valence-corrected chi connectivity index (χ2v) is 7.99. The second-order valence-electron chi connectivity index (χ2n) is 5.46. The molecule has 0 aliphatic rings. The zero-order valence-corrected chi connectivity index (χ0v) is 15.9. The molecule has 2 aromatic carbocycles. The van der Waals surface area contributed by atoms with Crippen LogP contribution in [-0.2, 0) is 14.8 Å². The van der Waals surface area contributed by atoms with Crippen LogP contribution in [0.2, 0.25) is 5.02 Å². The van der Waals surface area contributed by atoms with E-state index in [0.29, 0.717) is 5.69 Å². The van der Waals surface area contributed by atoms with Crippen LogP contribution in [0, 0.1) is 0 Å². The first-order valence-corrected chi connectivity index (χ1v) is 9.20. The van der Waals surface area contributed by atoms with Gasteiger partial charge in [-0.05, 0) is 36.4 Å². The number of hydrogen-bond acceptors (Lipinski definition) is 5. The first-order chi connectivity index (χ1) is 12.2. The Morgan fingerprint density at radius 3 is 2.38 bits per heavy atom. The number of benzene rings is 2. The predicted octanol–water partition coefficient (Wildman–Crippen LogP) is 2.63. The van der Waals surface area contributed by atoms with E-state index >= 15 is 0 Å². The lowest BCUT2D eigenvalue weighted by Gasteiger charge is -2.14. The highest BCUT2D eigenvalue weighted by Gasteiger charge is 2.22. The Kier molecular flexibility index (Phi) is 6.01. The molecule has 0 aromatic heterocycles. The molecule has 0 aliphatic carbocycles. The number of hydrogen-bond donors (Lipinski definition) is 1. The number of esters is 1. The molecule has 0 saturated carbocycles. The van der Waals surface area contributed by atoms with E-state index in [4.69, 9.17) is 11.6 Å². The van der Waals surface area contributed by atoms with Crippen LogP contribution in [0.4, 0.5) is 5.69 Å². The third-order valence-corrected chi connectivity index (χ3v) is 5.79. The number of carbonyl (C=O) groups excluding carboxylic acids is 2. The number of nitrogens with one attached hydrogen (secondary N) is 1. The van der Waals surface area contributed by atoms with Crippen LogP contribution in [0.25, 0.3) is 0 Å². The lowest BCUT2D eigenvalue weighted by Crippen LogP contribution is -2.23. The molecule has 9 heteroatoms. The van der Waals surface area contributed by atoms with Crippen molar-refractivity contribution in [2.45, 2.75) is 4.90 Å². The van der Waals surface area contributed by atoms with Gasteiger partial charge in [-0.2, -0.15) is 0 Å². The number of ether oxygens (including phenoxy) is 1. The van der Waals surface area contributed by atoms with Crippen molar-refractivity contribution < 1.29 is 22.7 Å². The van der Waals surface area contributed by atoms with Crippen molar-refractivity contribution in [3.05, 3.63) is 58.6 Å². The zero-order valence-electron chi connectivity index (χ0n) is 14.3. The van der Waals surface area contributed by atoms with E-state index in [1.165, 1.54) is 45.5 Å². The van der Waals surface area contributed by atoms with Crippen LogP contribution in [-0.4, -0.2) is 45.8 Å². The molecule has 1 N–H and O–H groups in total. The van der Waals surface area contributed by atoms with E-state index in [9.17, 15) is 18.0 Å². The van der Waals surface area contributed by atoms with Crippen molar-refractivity contribution >= 4 is 39.2 Å². The first-order valence-electron chi connectivity index (χ1n) is 7.38. The maximum absolute atomic E-state index is 12.4. The van der Waals surface area contributed by atoms with Gasteiger partial charge in [0.2, 0.25) is 10.0 Å². The molecule has 0 fully saturated rings. The van der Waals surface area contributed by atoms with Crippen molar-refractivity contribution in [1.82, 2.24) is 4.31 Å². The molecule has 1 amide bonds. The summed E-state index contributed by atoms with van der Waals surface area (Å²) in [7, 11) is 0.204. The second kappa shape index (κ2) is 7.86. The lowest BCUT2D eigenvalue weighted by atomic mass is 10.1. The predicted molar refractivity (Wildman–Crippen MR) is 98.1 cm³/mol. The average Bonchev–Trinajstić information content (AvgIpc) is 2.61. The highest BCUT2D eigenvalue weighted by Crippen LogP contribution is 2.25. The monoisotopic (exact) mass is 396 g/mol. The van der Waals surface area contributed by atoms with Crippen molar-refractivity contribution in [2.75, 3.05) is 26.5 Å². The van der Waals surface area contributed by atoms with Crippen molar-refractivity contribution in [3.8, 4) is 0 Å². The van der Waals surface area contributed by atoms with E-state index < -0.39 is 21.9 Å². The van der Waals surface area contributed by atoms with Crippen molar-refractivity contribution in [1.29, 1.82) is 0 Å². The molecule has 0 aliphatic heterocycles. The Labute approximate surface area is 156 Å². The highest BCUT2D eigenvalue weighted by atomic mass is 35.5. The standard InChI is InChI=1S/C17H17ClN2O5S/c1-20(2)26(23,24)15-10-11(7-8-14(15)18)16(21)19-13-6-4-5-12(9-13)17(22)25-3/h4-10H,1-3H3,(H,19,21). The van der Waals surface area contributed by atoms with Gasteiger partial charge in [-0.15, -0.1) is 0 Å². The van der Waals surface area contributed by atoms with Gasteiger partial charge < -0.3 is 10.1 Å². The zero-order chi connectivity index (χ0) is 19.5. The number of sulfonamides is 1. The minimum atomic E-state index is -3.80. The number of amides is 1. The number of halogens is 1. The van der Waals surface area contributed by atoms with E-state index in [1.807, 2.05) is 0 Å². The Bertz CT molecular complexity index is 957. The van der Waals surface area contributed by atoms with Crippen LogP contribution >= 0.6 is 11.6 Å². The Balaban J connectivity index is 2.33. The molecule has 0 bridgehead atoms. The van der Waals surface area contributed by atoms with Crippen LogP contribution in [0.15, 0.2) is 47.4 Å². The van der Waals surface area contributed by atoms with Gasteiger partial charge in [0.25, 0.3) is 5.91 Å². The van der Waals surface area contributed by atoms with Crippen molar-refractivity contribution in [2.24, 2.45) is 0 Å². The van der Waals surface area contributed by atoms with Crippen molar-refractivity contribution in [3.63, 3.8) is 0 Å². The van der Waals surface area contributed by atoms with Gasteiger partial charge in [0.15, 0.2) is 0 Å². The molecule has 0 unspecified atom stereocenters. The molecule has 138 valence electrons. The molecular weight excluding hydrogens is 380 g/mol. The fourth-order valence-corrected chi connectivity index (χ4v) is 3.48. The summed E-state index contributed by atoms with van der Waals surface area (Å²) in [6, 6.07) is 10.2. The third-order valence-electron chi connectivity index (χ3n) is 3.49. The molecule has 7 nitrogen and oxygen atoms in total. The molecular formula is C17H17ClN2O5S. The molecule has 0 spiro atoms. The fourth-order valence-electron chi connectivity index (χ4n) is 2.08. The molecule has 2 rings (SSSR count). The molecule has 0 saturated heterocycles. The van der Waals surface area contributed by atoms with E-state index in [1.54, 1.807) is 18.2 Å². The Hall–Kier alpha value is -2.42. The van der Waals surface area contributed by atoms with Crippen LogP contribution in [0.3, 0.4) is 0 Å². The maximum atomic E-state index is 12.4. The van der Waals surface area contributed by atoms with Gasteiger partial charge >= 0.3 is 5.97 Å². The van der Waals surface area contributed by atoms with Gasteiger partial charge in [-0.1, -0.05) is 17.7 Å². The van der Waals surface area contributed by atoms with E-state index in [-0.39, 0.29) is 21.0 Å². The summed E-state index contributed by atoms with van der Waals surface area (Å²) in [6.45, 7) is 0. The maximum Gasteiger partial charge on any atom is 0.337 e. The Morgan fingerprint density at radius 2 is 1.77 bits per heavy atom. The summed E-state index contributed by atoms with van der Waals surface area (Å²) in [5.41, 5.74) is 0.750.